The highest BCUT2D eigenvalue weighted by Gasteiger charge is 2.08. The van der Waals surface area contributed by atoms with Gasteiger partial charge in [0.2, 0.25) is 0 Å². The van der Waals surface area contributed by atoms with Crippen LogP contribution < -0.4 is 5.32 Å². The molecule has 0 radical (unpaired) electrons. The van der Waals surface area contributed by atoms with Gasteiger partial charge in [-0.25, -0.2) is 0 Å². The fourth-order valence-corrected chi connectivity index (χ4v) is 1.88. The lowest BCUT2D eigenvalue weighted by Crippen LogP contribution is -2.01. The van der Waals surface area contributed by atoms with Crippen LogP contribution in [0.4, 0.5) is 17.1 Å². The van der Waals surface area contributed by atoms with Crippen molar-refractivity contribution in [1.82, 2.24) is 0 Å². The van der Waals surface area contributed by atoms with Crippen LogP contribution in [-0.4, -0.2) is 0 Å². The molecule has 6 nitrogen and oxygen atoms in total. The number of hydrogen-bond donors (Lipinski definition) is 1. The summed E-state index contributed by atoms with van der Waals surface area (Å²) in [6.45, 7) is 1.83. The molecule has 6 heteroatoms. The number of nitrogens with one attached hydrogen (secondary N) is 1. The van der Waals surface area contributed by atoms with Crippen LogP contribution in [0.15, 0.2) is 70.0 Å². The predicted octanol–water partition coefficient (Wildman–Crippen LogP) is 4.65. The molecule has 1 N–H and O–H groups in total. The topological polar surface area (TPSA) is 108 Å². The molecule has 0 saturated carbocycles. The van der Waals surface area contributed by atoms with Crippen LogP contribution in [0, 0.1) is 40.9 Å². The molecule has 0 heterocycles. The van der Waals surface area contributed by atoms with E-state index in [0.29, 0.717) is 11.4 Å². The molecule has 0 amide bonds. The third kappa shape index (κ3) is 4.04. The Morgan fingerprint density at radius 1 is 0.875 bits per heavy atom. The van der Waals surface area contributed by atoms with Gasteiger partial charge in [-0.15, -0.1) is 0 Å². The lowest BCUT2D eigenvalue weighted by Gasteiger charge is -2.08. The van der Waals surface area contributed by atoms with Crippen LogP contribution in [0.25, 0.3) is 0 Å². The quantitative estimate of drug-likeness (QED) is 0.654. The van der Waals surface area contributed by atoms with Gasteiger partial charge in [-0.05, 0) is 42.8 Å². The lowest BCUT2D eigenvalue weighted by molar-refractivity contribution is 1.22. The smallest absolute Gasteiger partial charge is 0.163 e. The largest absolute Gasteiger partial charge is 0.345 e. The van der Waals surface area contributed by atoms with Gasteiger partial charge in [0.1, 0.15) is 23.9 Å². The van der Waals surface area contributed by atoms with Crippen molar-refractivity contribution in [2.24, 2.45) is 10.2 Å². The van der Waals surface area contributed by atoms with E-state index in [1.165, 1.54) is 0 Å². The summed E-state index contributed by atoms with van der Waals surface area (Å²) in [5, 5.41) is 37.9. The van der Waals surface area contributed by atoms with E-state index in [2.05, 4.69) is 15.5 Å². The first-order valence-corrected chi connectivity index (χ1v) is 6.97. The van der Waals surface area contributed by atoms with Crippen LogP contribution in [0.2, 0.25) is 0 Å². The molecule has 24 heavy (non-hydrogen) atoms. The van der Waals surface area contributed by atoms with Crippen LogP contribution in [0.5, 0.6) is 0 Å². The second kappa shape index (κ2) is 7.89. The highest BCUT2D eigenvalue weighted by Crippen LogP contribution is 2.25. The van der Waals surface area contributed by atoms with E-state index in [-0.39, 0.29) is 11.3 Å². The molecule has 0 atom stereocenters. The van der Waals surface area contributed by atoms with Crippen molar-refractivity contribution in [3.63, 3.8) is 0 Å². The van der Waals surface area contributed by atoms with Gasteiger partial charge in [0.15, 0.2) is 5.57 Å². The zero-order valence-electron chi connectivity index (χ0n) is 12.9. The average molecular weight is 312 g/mol. The van der Waals surface area contributed by atoms with Crippen LogP contribution in [-0.2, 0) is 0 Å². The van der Waals surface area contributed by atoms with Gasteiger partial charge in [0.25, 0.3) is 0 Å². The minimum atomic E-state index is -0.259. The number of allylic oxidation sites excluding steroid dienone is 2. The average Bonchev–Trinajstić information content (AvgIpc) is 2.62. The molecule has 0 aliphatic heterocycles. The normalized spacial score (nSPS) is 9.58. The van der Waals surface area contributed by atoms with Crippen LogP contribution >= 0.6 is 0 Å². The third-order valence-corrected chi connectivity index (χ3v) is 3.09. The van der Waals surface area contributed by atoms with Crippen molar-refractivity contribution in [2.75, 3.05) is 5.32 Å². The van der Waals surface area contributed by atoms with E-state index in [1.54, 1.807) is 30.3 Å². The van der Waals surface area contributed by atoms with E-state index >= 15 is 0 Å². The van der Waals surface area contributed by atoms with Crippen molar-refractivity contribution in [1.29, 1.82) is 15.8 Å². The van der Waals surface area contributed by atoms with E-state index in [9.17, 15) is 0 Å². The minimum absolute atomic E-state index is 0.0817. The van der Waals surface area contributed by atoms with Crippen molar-refractivity contribution >= 4 is 17.1 Å². The van der Waals surface area contributed by atoms with E-state index < -0.39 is 0 Å². The summed E-state index contributed by atoms with van der Waals surface area (Å²) in [6, 6.07) is 19.8. The van der Waals surface area contributed by atoms with Gasteiger partial charge >= 0.3 is 0 Å². The summed E-state index contributed by atoms with van der Waals surface area (Å²) in [5.41, 5.74) is 2.49. The van der Waals surface area contributed by atoms with Crippen molar-refractivity contribution in [3.05, 3.63) is 65.4 Å². The molecule has 114 valence electrons. The van der Waals surface area contributed by atoms with Crippen molar-refractivity contribution in [3.8, 4) is 18.2 Å². The number of aryl methyl sites for hydroxylation is 1. The Morgan fingerprint density at radius 3 is 2.12 bits per heavy atom. The number of rotatable bonds is 4. The Balaban J connectivity index is 2.24. The van der Waals surface area contributed by atoms with Gasteiger partial charge in [-0.1, -0.05) is 18.2 Å². The van der Waals surface area contributed by atoms with Gasteiger partial charge < -0.3 is 5.32 Å². The molecule has 2 rings (SSSR count). The van der Waals surface area contributed by atoms with Crippen LogP contribution in [0.1, 0.15) is 5.56 Å². The summed E-state index contributed by atoms with van der Waals surface area (Å²) in [5.74, 6) is 0. The fourth-order valence-electron chi connectivity index (χ4n) is 1.88. The number of nitrogens with zero attached hydrogens (tertiary/aromatic N) is 5. The summed E-state index contributed by atoms with van der Waals surface area (Å²) in [4.78, 5) is 0. The monoisotopic (exact) mass is 312 g/mol. The predicted molar refractivity (Wildman–Crippen MR) is 89.3 cm³/mol. The molecular formula is C18H12N6. The zero-order valence-corrected chi connectivity index (χ0v) is 12.9. The number of nitriles is 3. The Bertz CT molecular complexity index is 905. The number of anilines is 1. The highest BCUT2D eigenvalue weighted by atomic mass is 15.1. The van der Waals surface area contributed by atoms with E-state index in [1.807, 2.05) is 43.3 Å². The van der Waals surface area contributed by atoms with E-state index in [0.717, 1.165) is 11.3 Å². The lowest BCUT2D eigenvalue weighted by atomic mass is 10.1. The standard InChI is InChI=1S/C18H12N6/c1-13-9-16(24-23-15-5-3-2-4-6-15)7-8-17(13)22-18(12-21)14(10-19)11-20/h2-9,22H,1H3. The maximum Gasteiger partial charge on any atom is 0.163 e. The van der Waals surface area contributed by atoms with Gasteiger partial charge in [0.05, 0.1) is 11.4 Å². The number of azo groups is 1. The minimum Gasteiger partial charge on any atom is -0.345 e. The zero-order chi connectivity index (χ0) is 17.4. The first-order chi connectivity index (χ1) is 11.7. The third-order valence-electron chi connectivity index (χ3n) is 3.09. The summed E-state index contributed by atoms with van der Waals surface area (Å²) >= 11 is 0. The number of benzene rings is 2. The molecular weight excluding hydrogens is 300 g/mol. The summed E-state index contributed by atoms with van der Waals surface area (Å²) < 4.78 is 0. The molecule has 2 aromatic carbocycles. The molecule has 0 saturated heterocycles. The molecule has 0 spiro atoms. The Kier molecular flexibility index (Phi) is 5.40. The molecule has 0 bridgehead atoms. The SMILES string of the molecule is Cc1cc(N=Nc2ccccc2)ccc1NC(C#N)=C(C#N)C#N. The fraction of sp³-hybridized carbons (Fsp3) is 0.0556. The molecule has 0 aromatic heterocycles. The Labute approximate surface area is 139 Å². The Morgan fingerprint density at radius 2 is 1.54 bits per heavy atom. The maximum absolute atomic E-state index is 9.07. The second-order valence-electron chi connectivity index (χ2n) is 4.75. The summed E-state index contributed by atoms with van der Waals surface area (Å²) in [7, 11) is 0. The van der Waals surface area contributed by atoms with Gasteiger partial charge in [0, 0.05) is 5.69 Å². The van der Waals surface area contributed by atoms with Gasteiger partial charge in [-0.2, -0.15) is 26.0 Å². The highest BCUT2D eigenvalue weighted by molar-refractivity contribution is 5.64. The molecule has 0 aliphatic rings. The number of hydrogen-bond acceptors (Lipinski definition) is 6. The molecule has 2 aromatic rings. The molecule has 0 fully saturated rings. The maximum atomic E-state index is 9.07. The second-order valence-corrected chi connectivity index (χ2v) is 4.75. The first-order valence-electron chi connectivity index (χ1n) is 6.97. The van der Waals surface area contributed by atoms with Gasteiger partial charge in [-0.3, -0.25) is 0 Å². The first kappa shape index (κ1) is 16.4. The summed E-state index contributed by atoms with van der Waals surface area (Å²) in [6.07, 6.45) is 0. The van der Waals surface area contributed by atoms with Crippen molar-refractivity contribution in [2.45, 2.75) is 6.92 Å². The molecule has 0 aliphatic carbocycles. The Hall–Kier alpha value is -3.95. The van der Waals surface area contributed by atoms with Crippen LogP contribution in [0.3, 0.4) is 0 Å². The molecule has 0 unspecified atom stereocenters. The van der Waals surface area contributed by atoms with Crippen molar-refractivity contribution < 1.29 is 0 Å². The van der Waals surface area contributed by atoms with E-state index in [4.69, 9.17) is 15.8 Å².